The fourth-order valence-corrected chi connectivity index (χ4v) is 0.551. The Balaban J connectivity index is 3.46. The van der Waals surface area contributed by atoms with Crippen LogP contribution in [-0.4, -0.2) is 0 Å². The van der Waals surface area contributed by atoms with E-state index in [9.17, 15) is 22.7 Å². The van der Waals surface area contributed by atoms with E-state index in [4.69, 9.17) is 0 Å². The number of halogens is 4. The molecule has 1 radical (unpaired) electrons. The minimum atomic E-state index is -2.07. The van der Waals surface area contributed by atoms with Crippen molar-refractivity contribution in [1.29, 1.82) is 0 Å². The number of benzene rings is 1. The van der Waals surface area contributed by atoms with Crippen LogP contribution >= 0.6 is 0 Å². The minimum Gasteiger partial charge on any atom is -0.286 e. The quantitative estimate of drug-likeness (QED) is 0.319. The van der Waals surface area contributed by atoms with E-state index in [0.717, 1.165) is 0 Å². The van der Waals surface area contributed by atoms with Crippen molar-refractivity contribution in [3.8, 4) is 5.75 Å². The lowest BCUT2D eigenvalue weighted by Gasteiger charge is -1.95. The highest BCUT2D eigenvalue weighted by Gasteiger charge is 2.18. The van der Waals surface area contributed by atoms with Crippen molar-refractivity contribution in [2.45, 2.75) is 0 Å². The molecule has 0 atom stereocenters. The average molecular weight is 165 g/mol. The smallest absolute Gasteiger partial charge is 0.220 e. The Morgan fingerprint density at radius 1 is 0.909 bits per heavy atom. The number of hydrogen-bond donors (Lipinski definition) is 0. The lowest BCUT2D eigenvalue weighted by Crippen LogP contribution is -1.94. The van der Waals surface area contributed by atoms with Gasteiger partial charge in [0, 0.05) is 6.07 Å². The first-order chi connectivity index (χ1) is 5.04. The van der Waals surface area contributed by atoms with Gasteiger partial charge in [-0.05, 0) is 0 Å². The first-order valence-electron chi connectivity index (χ1n) is 2.54. The van der Waals surface area contributed by atoms with Crippen LogP contribution < -0.4 is 0 Å². The number of rotatable bonds is 0. The largest absolute Gasteiger partial charge is 0.286 e. The summed E-state index contributed by atoms with van der Waals surface area (Å²) in [5, 5.41) is 10.2. The lowest BCUT2D eigenvalue weighted by atomic mass is 10.3. The molecule has 5 heteroatoms. The summed E-state index contributed by atoms with van der Waals surface area (Å²) in [4.78, 5) is 0. The standard InChI is InChI=1S/C6HF4O/c7-2-1-3(11)5(9)6(10)4(2)8/h1H. The monoisotopic (exact) mass is 165 g/mol. The summed E-state index contributed by atoms with van der Waals surface area (Å²) in [6.45, 7) is 0. The second-order valence-electron chi connectivity index (χ2n) is 1.80. The van der Waals surface area contributed by atoms with E-state index < -0.39 is 29.0 Å². The third kappa shape index (κ3) is 1.13. The molecular formula is C6HF4O. The van der Waals surface area contributed by atoms with E-state index in [2.05, 4.69) is 0 Å². The van der Waals surface area contributed by atoms with Crippen molar-refractivity contribution in [2.24, 2.45) is 0 Å². The summed E-state index contributed by atoms with van der Waals surface area (Å²) < 4.78 is 48.2. The van der Waals surface area contributed by atoms with Gasteiger partial charge in [0.15, 0.2) is 11.6 Å². The van der Waals surface area contributed by atoms with Crippen molar-refractivity contribution in [1.82, 2.24) is 0 Å². The van der Waals surface area contributed by atoms with Crippen molar-refractivity contribution < 1.29 is 22.7 Å². The molecule has 1 rings (SSSR count). The van der Waals surface area contributed by atoms with E-state index in [1.165, 1.54) is 0 Å². The Morgan fingerprint density at radius 2 is 1.45 bits per heavy atom. The molecule has 0 saturated carbocycles. The van der Waals surface area contributed by atoms with E-state index in [1.807, 2.05) is 0 Å². The molecule has 0 fully saturated rings. The fraction of sp³-hybridized carbons (Fsp3) is 0. The predicted octanol–water partition coefficient (Wildman–Crippen LogP) is 2.39. The Kier molecular flexibility index (Phi) is 1.72. The molecule has 0 aliphatic carbocycles. The molecular weight excluding hydrogens is 164 g/mol. The van der Waals surface area contributed by atoms with Crippen molar-refractivity contribution in [2.75, 3.05) is 0 Å². The maximum atomic E-state index is 12.1. The Morgan fingerprint density at radius 3 is 2.00 bits per heavy atom. The van der Waals surface area contributed by atoms with E-state index in [-0.39, 0.29) is 6.07 Å². The maximum Gasteiger partial charge on any atom is 0.220 e. The van der Waals surface area contributed by atoms with Crippen molar-refractivity contribution in [3.63, 3.8) is 0 Å². The average Bonchev–Trinajstić information content (AvgIpc) is 1.97. The lowest BCUT2D eigenvalue weighted by molar-refractivity contribution is 0.305. The summed E-state index contributed by atoms with van der Waals surface area (Å²) in [7, 11) is 0. The Labute approximate surface area is 58.9 Å². The normalized spacial score (nSPS) is 10.2. The zero-order valence-corrected chi connectivity index (χ0v) is 5.00. The molecule has 0 aromatic heterocycles. The SMILES string of the molecule is [O]c1cc(F)c(F)c(F)c1F. The van der Waals surface area contributed by atoms with Crippen LogP contribution in [0.2, 0.25) is 0 Å². The predicted molar refractivity (Wildman–Crippen MR) is 26.4 cm³/mol. The fourth-order valence-electron chi connectivity index (χ4n) is 0.551. The molecule has 0 unspecified atom stereocenters. The summed E-state index contributed by atoms with van der Waals surface area (Å²) >= 11 is 0. The van der Waals surface area contributed by atoms with Crippen molar-refractivity contribution in [3.05, 3.63) is 29.3 Å². The van der Waals surface area contributed by atoms with Crippen LogP contribution in [0.15, 0.2) is 6.07 Å². The van der Waals surface area contributed by atoms with Crippen LogP contribution in [0, 0.1) is 23.3 Å². The van der Waals surface area contributed by atoms with Gasteiger partial charge < -0.3 is 0 Å². The highest BCUT2D eigenvalue weighted by molar-refractivity contribution is 5.25. The molecule has 0 bridgehead atoms. The molecule has 0 aliphatic rings. The minimum absolute atomic E-state index is 0.0494. The zero-order valence-electron chi connectivity index (χ0n) is 5.00. The van der Waals surface area contributed by atoms with Gasteiger partial charge in [0.2, 0.25) is 17.4 Å². The molecule has 11 heavy (non-hydrogen) atoms. The van der Waals surface area contributed by atoms with Crippen LogP contribution in [0.4, 0.5) is 17.6 Å². The second kappa shape index (κ2) is 2.41. The van der Waals surface area contributed by atoms with Gasteiger partial charge in [0.05, 0.1) is 0 Å². The summed E-state index contributed by atoms with van der Waals surface area (Å²) in [5.41, 5.74) is 0. The number of hydrogen-bond acceptors (Lipinski definition) is 0. The van der Waals surface area contributed by atoms with E-state index >= 15 is 0 Å². The van der Waals surface area contributed by atoms with Crippen LogP contribution in [0.3, 0.4) is 0 Å². The zero-order chi connectivity index (χ0) is 8.59. The first-order valence-corrected chi connectivity index (χ1v) is 2.54. The molecule has 0 spiro atoms. The maximum absolute atomic E-state index is 12.1. The molecule has 0 saturated heterocycles. The van der Waals surface area contributed by atoms with Gasteiger partial charge in [0.1, 0.15) is 0 Å². The van der Waals surface area contributed by atoms with Gasteiger partial charge >= 0.3 is 0 Å². The second-order valence-corrected chi connectivity index (χ2v) is 1.80. The molecule has 1 nitrogen and oxygen atoms in total. The molecule has 1 aromatic rings. The van der Waals surface area contributed by atoms with Crippen molar-refractivity contribution >= 4 is 0 Å². The molecule has 59 valence electrons. The van der Waals surface area contributed by atoms with Gasteiger partial charge in [0.25, 0.3) is 0 Å². The molecule has 1 aromatic carbocycles. The third-order valence-corrected chi connectivity index (χ3v) is 1.07. The molecule has 0 N–H and O–H groups in total. The van der Waals surface area contributed by atoms with Gasteiger partial charge in [-0.25, -0.2) is 13.2 Å². The van der Waals surface area contributed by atoms with Crippen LogP contribution in [0.25, 0.3) is 0 Å². The van der Waals surface area contributed by atoms with E-state index in [0.29, 0.717) is 0 Å². The highest BCUT2D eigenvalue weighted by atomic mass is 19.2. The van der Waals surface area contributed by atoms with Gasteiger partial charge in [-0.3, -0.25) is 5.11 Å². The molecule has 0 amide bonds. The first kappa shape index (κ1) is 7.84. The van der Waals surface area contributed by atoms with Crippen LogP contribution in [0.1, 0.15) is 0 Å². The molecule has 0 aliphatic heterocycles. The third-order valence-electron chi connectivity index (χ3n) is 1.07. The summed E-state index contributed by atoms with van der Waals surface area (Å²) in [6.07, 6.45) is 0. The highest BCUT2D eigenvalue weighted by Crippen LogP contribution is 2.23. The topological polar surface area (TPSA) is 19.9 Å². The summed E-state index contributed by atoms with van der Waals surface area (Å²) in [5.74, 6) is -9.13. The summed E-state index contributed by atoms with van der Waals surface area (Å²) in [6, 6.07) is 0.0494. The Bertz CT molecular complexity index is 271. The molecule has 0 heterocycles. The van der Waals surface area contributed by atoms with Crippen LogP contribution in [-0.2, 0) is 5.11 Å². The Hall–Kier alpha value is -1.26. The van der Waals surface area contributed by atoms with Crippen LogP contribution in [0.5, 0.6) is 5.75 Å². The van der Waals surface area contributed by atoms with Gasteiger partial charge in [-0.2, -0.15) is 4.39 Å². The van der Waals surface area contributed by atoms with Gasteiger partial charge in [-0.1, -0.05) is 0 Å². The van der Waals surface area contributed by atoms with Gasteiger partial charge in [-0.15, -0.1) is 0 Å². The van der Waals surface area contributed by atoms with E-state index in [1.54, 1.807) is 0 Å².